The minimum absolute atomic E-state index is 0.141. The Morgan fingerprint density at radius 3 is 2.79 bits per heavy atom. The van der Waals surface area contributed by atoms with Gasteiger partial charge in [-0.25, -0.2) is 0 Å². The molecule has 0 heterocycles. The number of rotatable bonds is 6. The highest BCUT2D eigenvalue weighted by Gasteiger charge is 2.15. The molecule has 0 amide bonds. The molecule has 0 aliphatic rings. The average molecular weight is 267 g/mol. The number of hydrogen-bond acceptors (Lipinski definition) is 5. The highest BCUT2D eigenvalue weighted by Crippen LogP contribution is 2.24. The topological polar surface area (TPSA) is 111 Å². The lowest BCUT2D eigenvalue weighted by Crippen LogP contribution is -2.15. The minimum Gasteiger partial charge on any atom is -0.493 e. The maximum Gasteiger partial charge on any atom is 0.270 e. The monoisotopic (exact) mass is 267 g/mol. The Bertz CT molecular complexity index is 486. The summed E-state index contributed by atoms with van der Waals surface area (Å²) in [5.74, 6) is 0.621. The average Bonchev–Trinajstić information content (AvgIpc) is 2.37. The Hall–Kier alpha value is -2.31. The largest absolute Gasteiger partial charge is 0.493 e. The molecule has 0 fully saturated rings. The normalized spacial score (nSPS) is 11.6. The molecule has 7 nitrogen and oxygen atoms in total. The molecule has 0 radical (unpaired) electrons. The van der Waals surface area contributed by atoms with Gasteiger partial charge in [0.15, 0.2) is 5.84 Å². The molecule has 0 saturated heterocycles. The zero-order chi connectivity index (χ0) is 14.4. The molecule has 1 rings (SSSR count). The molecule has 104 valence electrons. The second-order valence-electron chi connectivity index (χ2n) is 4.45. The van der Waals surface area contributed by atoms with Crippen molar-refractivity contribution in [2.24, 2.45) is 16.8 Å². The van der Waals surface area contributed by atoms with Crippen molar-refractivity contribution in [1.82, 2.24) is 0 Å². The van der Waals surface area contributed by atoms with E-state index in [1.807, 2.05) is 0 Å². The number of hydrogen-bond donors (Lipinski definition) is 2. The molecule has 0 unspecified atom stereocenters. The van der Waals surface area contributed by atoms with E-state index in [9.17, 15) is 10.1 Å². The maximum absolute atomic E-state index is 10.7. The van der Waals surface area contributed by atoms with Gasteiger partial charge in [-0.2, -0.15) is 0 Å². The van der Waals surface area contributed by atoms with Crippen molar-refractivity contribution in [2.75, 3.05) is 6.61 Å². The summed E-state index contributed by atoms with van der Waals surface area (Å²) >= 11 is 0. The van der Waals surface area contributed by atoms with Crippen LogP contribution in [0.3, 0.4) is 0 Å². The first-order valence-electron chi connectivity index (χ1n) is 5.84. The second kappa shape index (κ2) is 6.58. The van der Waals surface area contributed by atoms with Crippen molar-refractivity contribution < 1.29 is 14.9 Å². The van der Waals surface area contributed by atoms with Crippen LogP contribution in [0.1, 0.15) is 25.8 Å². The number of nitro groups is 1. The molecule has 0 aliphatic carbocycles. The van der Waals surface area contributed by atoms with Crippen LogP contribution in [0.15, 0.2) is 23.4 Å². The summed E-state index contributed by atoms with van der Waals surface area (Å²) in [4.78, 5) is 10.2. The van der Waals surface area contributed by atoms with E-state index in [4.69, 9.17) is 15.7 Å². The van der Waals surface area contributed by atoms with E-state index < -0.39 is 4.92 Å². The van der Waals surface area contributed by atoms with Crippen LogP contribution in [-0.4, -0.2) is 22.6 Å². The van der Waals surface area contributed by atoms with Crippen LogP contribution in [0.2, 0.25) is 0 Å². The fraction of sp³-hybridized carbons (Fsp3) is 0.417. The standard InChI is InChI=1S/C12H17N3O4/c1-8(2)5-6-19-11-4-3-9(15(17)18)7-10(11)12(13)14-16/h3-4,7-8,16H,5-6H2,1-2H3,(H2,13,14). The van der Waals surface area contributed by atoms with Crippen molar-refractivity contribution in [3.05, 3.63) is 33.9 Å². The van der Waals surface area contributed by atoms with E-state index in [0.717, 1.165) is 6.42 Å². The predicted octanol–water partition coefficient (Wildman–Crippen LogP) is 2.11. The van der Waals surface area contributed by atoms with Crippen LogP contribution in [0.5, 0.6) is 5.75 Å². The molecule has 0 bridgehead atoms. The van der Waals surface area contributed by atoms with Gasteiger partial charge in [0.05, 0.1) is 17.1 Å². The molecule has 0 atom stereocenters. The van der Waals surface area contributed by atoms with E-state index >= 15 is 0 Å². The number of non-ortho nitro benzene ring substituents is 1. The molecule has 0 aliphatic heterocycles. The number of amidine groups is 1. The third-order valence-electron chi connectivity index (χ3n) is 2.51. The lowest BCUT2D eigenvalue weighted by Gasteiger charge is -2.11. The minimum atomic E-state index is -0.550. The van der Waals surface area contributed by atoms with Crippen molar-refractivity contribution in [3.63, 3.8) is 0 Å². The predicted molar refractivity (Wildman–Crippen MR) is 70.6 cm³/mol. The summed E-state index contributed by atoms with van der Waals surface area (Å²) in [5.41, 5.74) is 5.56. The Kier molecular flexibility index (Phi) is 5.11. The summed E-state index contributed by atoms with van der Waals surface area (Å²) in [6.45, 7) is 4.58. The van der Waals surface area contributed by atoms with Gasteiger partial charge in [-0.05, 0) is 18.4 Å². The molecular formula is C12H17N3O4. The number of oxime groups is 1. The van der Waals surface area contributed by atoms with E-state index in [-0.39, 0.29) is 17.1 Å². The van der Waals surface area contributed by atoms with Crippen LogP contribution in [0.4, 0.5) is 5.69 Å². The highest BCUT2D eigenvalue weighted by molar-refractivity contribution is 6.00. The lowest BCUT2D eigenvalue weighted by molar-refractivity contribution is -0.384. The van der Waals surface area contributed by atoms with Crippen LogP contribution in [0, 0.1) is 16.0 Å². The summed E-state index contributed by atoms with van der Waals surface area (Å²) in [5, 5.41) is 22.2. The molecule has 7 heteroatoms. The summed E-state index contributed by atoms with van der Waals surface area (Å²) in [6.07, 6.45) is 0.840. The van der Waals surface area contributed by atoms with Crippen molar-refractivity contribution in [1.29, 1.82) is 0 Å². The SMILES string of the molecule is CC(C)CCOc1ccc([N+](=O)[O-])cc1C(N)=NO. The molecule has 19 heavy (non-hydrogen) atoms. The summed E-state index contributed by atoms with van der Waals surface area (Å²) in [7, 11) is 0. The zero-order valence-corrected chi connectivity index (χ0v) is 10.9. The zero-order valence-electron chi connectivity index (χ0n) is 10.9. The van der Waals surface area contributed by atoms with E-state index in [1.54, 1.807) is 0 Å². The van der Waals surface area contributed by atoms with Gasteiger partial charge in [0.2, 0.25) is 0 Å². The van der Waals surface area contributed by atoms with E-state index in [0.29, 0.717) is 18.3 Å². The number of ether oxygens (including phenoxy) is 1. The van der Waals surface area contributed by atoms with Crippen LogP contribution < -0.4 is 10.5 Å². The van der Waals surface area contributed by atoms with Gasteiger partial charge in [-0.15, -0.1) is 0 Å². The van der Waals surface area contributed by atoms with Crippen molar-refractivity contribution in [3.8, 4) is 5.75 Å². The highest BCUT2D eigenvalue weighted by atomic mass is 16.6. The molecular weight excluding hydrogens is 250 g/mol. The third kappa shape index (κ3) is 4.13. The fourth-order valence-electron chi connectivity index (χ4n) is 1.42. The molecule has 1 aromatic rings. The van der Waals surface area contributed by atoms with E-state index in [1.165, 1.54) is 18.2 Å². The fourth-order valence-corrected chi connectivity index (χ4v) is 1.42. The first-order valence-corrected chi connectivity index (χ1v) is 5.84. The molecule has 1 aromatic carbocycles. The Morgan fingerprint density at radius 1 is 1.58 bits per heavy atom. The van der Waals surface area contributed by atoms with Crippen molar-refractivity contribution in [2.45, 2.75) is 20.3 Å². The summed E-state index contributed by atoms with van der Waals surface area (Å²) < 4.78 is 5.51. The van der Waals surface area contributed by atoms with Crippen LogP contribution >= 0.6 is 0 Å². The van der Waals surface area contributed by atoms with Gasteiger partial charge in [-0.3, -0.25) is 10.1 Å². The van der Waals surface area contributed by atoms with Crippen molar-refractivity contribution >= 4 is 11.5 Å². The third-order valence-corrected chi connectivity index (χ3v) is 2.51. The Morgan fingerprint density at radius 2 is 2.26 bits per heavy atom. The van der Waals surface area contributed by atoms with Gasteiger partial charge >= 0.3 is 0 Å². The van der Waals surface area contributed by atoms with Gasteiger partial charge in [0.25, 0.3) is 5.69 Å². The quantitative estimate of drug-likeness (QED) is 0.269. The number of nitrogens with two attached hydrogens (primary N) is 1. The Balaban J connectivity index is 2.99. The molecule has 0 saturated carbocycles. The number of nitro benzene ring substituents is 1. The second-order valence-corrected chi connectivity index (χ2v) is 4.45. The molecule has 0 spiro atoms. The number of benzene rings is 1. The summed E-state index contributed by atoms with van der Waals surface area (Å²) in [6, 6.07) is 3.99. The van der Waals surface area contributed by atoms with Crippen LogP contribution in [-0.2, 0) is 0 Å². The Labute approximate surface area is 110 Å². The van der Waals surface area contributed by atoms with Gasteiger partial charge in [-0.1, -0.05) is 19.0 Å². The smallest absolute Gasteiger partial charge is 0.270 e. The lowest BCUT2D eigenvalue weighted by atomic mass is 10.1. The van der Waals surface area contributed by atoms with Gasteiger partial charge in [0.1, 0.15) is 5.75 Å². The van der Waals surface area contributed by atoms with Gasteiger partial charge in [0, 0.05) is 12.1 Å². The number of nitrogens with zero attached hydrogens (tertiary/aromatic N) is 2. The molecule has 0 aromatic heterocycles. The van der Waals surface area contributed by atoms with Gasteiger partial charge < -0.3 is 15.7 Å². The van der Waals surface area contributed by atoms with Crippen LogP contribution in [0.25, 0.3) is 0 Å². The first-order chi connectivity index (χ1) is 8.95. The first kappa shape index (κ1) is 14.7. The van der Waals surface area contributed by atoms with E-state index in [2.05, 4.69) is 19.0 Å². The molecule has 3 N–H and O–H groups in total. The maximum atomic E-state index is 10.7.